The standard InChI is InChI=1S/C11H13N3OS.C10H14.C8H9NO2/c1-2-14-6-5-8-7-9(3-4-10(8)14)16-13-11(12)15;1-2-3-7-10-8-5-4-6-9-10;1-11-8-4-2-7(3-5-8)9-6-10/h3-7H,2H2,1H3,(H3,12,13,15);4-6,8-9H,2-3,7H2,1H3;2-6H,1H3,(H,9,10). The van der Waals surface area contributed by atoms with Crippen LogP contribution >= 0.6 is 11.9 Å². The third-order valence-electron chi connectivity index (χ3n) is 5.33. The molecule has 1 heterocycles. The highest BCUT2D eigenvalue weighted by atomic mass is 32.2. The molecule has 37 heavy (non-hydrogen) atoms. The Morgan fingerprint density at radius 3 is 2.35 bits per heavy atom. The molecule has 3 aromatic carbocycles. The normalized spacial score (nSPS) is 9.81. The quantitative estimate of drug-likeness (QED) is 0.170. The number of carbonyl (C=O) groups excluding carboxylic acids is 2. The second-order valence-electron chi connectivity index (χ2n) is 7.97. The second kappa shape index (κ2) is 16.7. The molecule has 0 bridgehead atoms. The third-order valence-corrected chi connectivity index (χ3v) is 6.12. The van der Waals surface area contributed by atoms with Crippen LogP contribution in [0.5, 0.6) is 5.75 Å². The molecule has 4 rings (SSSR count). The number of fused-ring (bicyclic) bond motifs is 1. The zero-order chi connectivity index (χ0) is 26.9. The van der Waals surface area contributed by atoms with E-state index in [2.05, 4.69) is 71.0 Å². The SMILES string of the molecule is CCCCc1ccccc1.CCn1ccc2cc(SNC(N)=O)ccc21.COc1ccc(NC=O)cc1. The summed E-state index contributed by atoms with van der Waals surface area (Å²) in [6.07, 6.45) is 6.53. The van der Waals surface area contributed by atoms with Crippen molar-refractivity contribution in [3.63, 3.8) is 0 Å². The number of benzene rings is 3. The zero-order valence-electron chi connectivity index (χ0n) is 21.6. The predicted octanol–water partition coefficient (Wildman–Crippen LogP) is 6.63. The number of carbonyl (C=O) groups is 2. The largest absolute Gasteiger partial charge is 0.497 e. The van der Waals surface area contributed by atoms with Gasteiger partial charge in [0.05, 0.1) is 7.11 Å². The summed E-state index contributed by atoms with van der Waals surface area (Å²) in [4.78, 5) is 21.5. The Morgan fingerprint density at radius 1 is 1.03 bits per heavy atom. The van der Waals surface area contributed by atoms with Crippen LogP contribution in [0.3, 0.4) is 0 Å². The molecule has 0 fully saturated rings. The molecular weight excluding hydrogens is 484 g/mol. The first-order valence-corrected chi connectivity index (χ1v) is 13.0. The van der Waals surface area contributed by atoms with Crippen molar-refractivity contribution in [1.82, 2.24) is 9.29 Å². The summed E-state index contributed by atoms with van der Waals surface area (Å²) in [5, 5.41) is 3.69. The molecule has 8 heteroatoms. The van der Waals surface area contributed by atoms with Gasteiger partial charge in [0.1, 0.15) is 5.75 Å². The lowest BCUT2D eigenvalue weighted by Gasteiger charge is -2.03. The molecule has 4 aromatic rings. The van der Waals surface area contributed by atoms with Crippen molar-refractivity contribution in [2.75, 3.05) is 12.4 Å². The molecule has 0 radical (unpaired) electrons. The Balaban J connectivity index is 0.000000203. The number of primary amides is 1. The number of rotatable bonds is 9. The van der Waals surface area contributed by atoms with Gasteiger partial charge in [0.15, 0.2) is 0 Å². The number of amides is 3. The third kappa shape index (κ3) is 10.7. The fourth-order valence-electron chi connectivity index (χ4n) is 3.41. The van der Waals surface area contributed by atoms with Crippen LogP contribution in [0.4, 0.5) is 10.5 Å². The monoisotopic (exact) mass is 520 g/mol. The Kier molecular flexibility index (Phi) is 13.2. The van der Waals surface area contributed by atoms with E-state index in [0.29, 0.717) is 6.41 Å². The van der Waals surface area contributed by atoms with Gasteiger partial charge in [0.2, 0.25) is 6.41 Å². The number of ether oxygens (including phenoxy) is 1. The van der Waals surface area contributed by atoms with Crippen molar-refractivity contribution in [2.24, 2.45) is 5.73 Å². The Hall–Kier alpha value is -3.91. The van der Waals surface area contributed by atoms with Gasteiger partial charge < -0.3 is 20.4 Å². The van der Waals surface area contributed by atoms with Gasteiger partial charge in [-0.25, -0.2) is 4.79 Å². The van der Waals surface area contributed by atoms with E-state index in [1.807, 2.05) is 18.2 Å². The fourth-order valence-corrected chi connectivity index (χ4v) is 3.95. The molecular formula is C29H36N4O3S. The molecule has 7 nitrogen and oxygen atoms in total. The predicted molar refractivity (Wildman–Crippen MR) is 154 cm³/mol. The van der Waals surface area contributed by atoms with Crippen LogP contribution in [0.25, 0.3) is 10.9 Å². The van der Waals surface area contributed by atoms with E-state index in [1.54, 1.807) is 31.4 Å². The van der Waals surface area contributed by atoms with Crippen molar-refractivity contribution in [2.45, 2.75) is 44.6 Å². The number of anilines is 1. The number of methoxy groups -OCH3 is 1. The van der Waals surface area contributed by atoms with Gasteiger partial charge in [0, 0.05) is 34.2 Å². The minimum atomic E-state index is -0.531. The van der Waals surface area contributed by atoms with E-state index in [-0.39, 0.29) is 0 Å². The molecule has 0 atom stereocenters. The van der Waals surface area contributed by atoms with Gasteiger partial charge in [-0.2, -0.15) is 0 Å². The summed E-state index contributed by atoms with van der Waals surface area (Å²) in [5.74, 6) is 0.779. The number of urea groups is 1. The van der Waals surface area contributed by atoms with Gasteiger partial charge >= 0.3 is 6.03 Å². The van der Waals surface area contributed by atoms with E-state index in [1.165, 1.54) is 42.3 Å². The van der Waals surface area contributed by atoms with Crippen molar-refractivity contribution in [1.29, 1.82) is 0 Å². The summed E-state index contributed by atoms with van der Waals surface area (Å²) >= 11 is 1.23. The van der Waals surface area contributed by atoms with Crippen LogP contribution in [-0.2, 0) is 17.8 Å². The number of nitrogens with one attached hydrogen (secondary N) is 2. The van der Waals surface area contributed by atoms with Crippen LogP contribution in [0.2, 0.25) is 0 Å². The summed E-state index contributed by atoms with van der Waals surface area (Å²) in [7, 11) is 1.60. The number of aryl methyl sites for hydroxylation is 2. The molecule has 0 spiro atoms. The van der Waals surface area contributed by atoms with Gasteiger partial charge in [-0.05, 0) is 85.8 Å². The van der Waals surface area contributed by atoms with Crippen molar-refractivity contribution in [3.8, 4) is 5.75 Å². The minimum absolute atomic E-state index is 0.531. The van der Waals surface area contributed by atoms with Gasteiger partial charge in [-0.15, -0.1) is 0 Å². The highest BCUT2D eigenvalue weighted by molar-refractivity contribution is 7.98. The Labute approximate surface area is 223 Å². The number of unbranched alkanes of at least 4 members (excludes halogenated alkanes) is 1. The minimum Gasteiger partial charge on any atom is -0.497 e. The average Bonchev–Trinajstić information content (AvgIpc) is 3.35. The highest BCUT2D eigenvalue weighted by Crippen LogP contribution is 2.22. The summed E-state index contributed by atoms with van der Waals surface area (Å²) in [6.45, 7) is 5.29. The van der Waals surface area contributed by atoms with E-state index in [4.69, 9.17) is 10.5 Å². The Bertz CT molecular complexity index is 1210. The summed E-state index contributed by atoms with van der Waals surface area (Å²) in [6, 6.07) is 25.3. The van der Waals surface area contributed by atoms with Gasteiger partial charge in [0.25, 0.3) is 0 Å². The first-order valence-electron chi connectivity index (χ1n) is 12.2. The van der Waals surface area contributed by atoms with E-state index < -0.39 is 6.03 Å². The van der Waals surface area contributed by atoms with Crippen molar-refractivity contribution >= 4 is 41.0 Å². The van der Waals surface area contributed by atoms with E-state index >= 15 is 0 Å². The van der Waals surface area contributed by atoms with Crippen LogP contribution in [-0.4, -0.2) is 24.1 Å². The Morgan fingerprint density at radius 2 is 1.76 bits per heavy atom. The highest BCUT2D eigenvalue weighted by Gasteiger charge is 2.02. The number of hydrogen-bond acceptors (Lipinski definition) is 4. The van der Waals surface area contributed by atoms with Crippen LogP contribution < -0.4 is 20.5 Å². The maximum Gasteiger partial charge on any atom is 0.322 e. The summed E-state index contributed by atoms with van der Waals surface area (Å²) in [5.41, 5.74) is 8.43. The second-order valence-corrected chi connectivity index (χ2v) is 8.85. The first-order chi connectivity index (χ1) is 18.0. The van der Waals surface area contributed by atoms with Crippen LogP contribution in [0.15, 0.2) is 90.0 Å². The zero-order valence-corrected chi connectivity index (χ0v) is 22.5. The molecule has 0 saturated carbocycles. The molecule has 4 N–H and O–H groups in total. The molecule has 0 unspecified atom stereocenters. The molecule has 1 aromatic heterocycles. The van der Waals surface area contributed by atoms with E-state index in [9.17, 15) is 9.59 Å². The van der Waals surface area contributed by atoms with Crippen LogP contribution in [0, 0.1) is 0 Å². The van der Waals surface area contributed by atoms with Crippen molar-refractivity contribution in [3.05, 3.63) is 90.6 Å². The average molecular weight is 521 g/mol. The molecule has 0 aliphatic rings. The van der Waals surface area contributed by atoms with E-state index in [0.717, 1.165) is 28.3 Å². The molecule has 0 aliphatic carbocycles. The maximum absolute atomic E-state index is 10.6. The number of aromatic nitrogens is 1. The maximum atomic E-state index is 10.6. The van der Waals surface area contributed by atoms with Gasteiger partial charge in [-0.3, -0.25) is 9.52 Å². The van der Waals surface area contributed by atoms with Crippen molar-refractivity contribution < 1.29 is 14.3 Å². The summed E-state index contributed by atoms with van der Waals surface area (Å²) < 4.78 is 9.60. The fraction of sp³-hybridized carbons (Fsp3) is 0.241. The molecule has 196 valence electrons. The molecule has 0 aliphatic heterocycles. The lowest BCUT2D eigenvalue weighted by atomic mass is 10.1. The lowest BCUT2D eigenvalue weighted by Crippen LogP contribution is -2.22. The first kappa shape index (κ1) is 29.3. The smallest absolute Gasteiger partial charge is 0.322 e. The lowest BCUT2D eigenvalue weighted by molar-refractivity contribution is -0.105. The topological polar surface area (TPSA) is 98.4 Å². The number of nitrogens with zero attached hydrogens (tertiary/aromatic N) is 1. The van der Waals surface area contributed by atoms with Gasteiger partial charge in [-0.1, -0.05) is 43.7 Å². The number of hydrogen-bond donors (Lipinski definition) is 3. The number of nitrogens with two attached hydrogens (primary N) is 1. The molecule has 3 amide bonds. The van der Waals surface area contributed by atoms with Crippen LogP contribution in [0.1, 0.15) is 32.3 Å². The molecule has 0 saturated heterocycles.